The number of hydrogen-bond acceptors (Lipinski definition) is 3. The van der Waals surface area contributed by atoms with E-state index in [2.05, 4.69) is 12.2 Å². The molecule has 2 fully saturated rings. The molecule has 0 aromatic rings. The Hall–Kier alpha value is -0.770. The van der Waals surface area contributed by atoms with Crippen LogP contribution in [-0.2, 0) is 4.74 Å². The zero-order valence-corrected chi connectivity index (χ0v) is 12.1. The number of ether oxygens (including phenoxy) is 1. The Morgan fingerprint density at radius 3 is 2.67 bits per heavy atom. The van der Waals surface area contributed by atoms with Crippen LogP contribution in [0.4, 0.5) is 4.79 Å². The molecular formula is C14H26N2O2. The lowest BCUT2D eigenvalue weighted by molar-refractivity contribution is 0.0150. The van der Waals surface area contributed by atoms with Gasteiger partial charge in [-0.05, 0) is 59.9 Å². The number of carbonyl (C=O) groups excluding carboxylic acids is 1. The molecule has 0 aliphatic carbocycles. The normalized spacial score (nSPS) is 32.9. The van der Waals surface area contributed by atoms with Crippen LogP contribution >= 0.6 is 0 Å². The first-order chi connectivity index (χ1) is 8.32. The summed E-state index contributed by atoms with van der Waals surface area (Å²) in [5, 5.41) is 3.57. The van der Waals surface area contributed by atoms with Crippen LogP contribution in [0.2, 0.25) is 0 Å². The molecule has 2 aliphatic rings. The molecule has 0 aromatic carbocycles. The van der Waals surface area contributed by atoms with Gasteiger partial charge in [0.2, 0.25) is 0 Å². The van der Waals surface area contributed by atoms with E-state index in [1.54, 1.807) is 0 Å². The van der Waals surface area contributed by atoms with Gasteiger partial charge < -0.3 is 15.0 Å². The maximum atomic E-state index is 12.2. The van der Waals surface area contributed by atoms with E-state index in [4.69, 9.17) is 4.74 Å². The van der Waals surface area contributed by atoms with Gasteiger partial charge in [0.1, 0.15) is 5.60 Å². The predicted octanol–water partition coefficient (Wildman–Crippen LogP) is 2.53. The fraction of sp³-hybridized carbons (Fsp3) is 0.929. The lowest BCUT2D eigenvalue weighted by Crippen LogP contribution is -2.55. The number of nitrogens with one attached hydrogen (secondary N) is 1. The molecule has 2 heterocycles. The highest BCUT2D eigenvalue weighted by Gasteiger charge is 2.45. The molecule has 2 atom stereocenters. The molecule has 1 N–H and O–H groups in total. The van der Waals surface area contributed by atoms with Crippen LogP contribution in [0, 0.1) is 0 Å². The summed E-state index contributed by atoms with van der Waals surface area (Å²) in [7, 11) is 0. The monoisotopic (exact) mass is 254 g/mol. The Morgan fingerprint density at radius 2 is 2.11 bits per heavy atom. The number of carbonyl (C=O) groups is 1. The van der Waals surface area contributed by atoms with E-state index in [1.165, 1.54) is 6.42 Å². The molecule has 4 heteroatoms. The Morgan fingerprint density at radius 1 is 1.39 bits per heavy atom. The van der Waals surface area contributed by atoms with Crippen molar-refractivity contribution in [3.63, 3.8) is 0 Å². The number of hydrogen-bond donors (Lipinski definition) is 1. The Kier molecular flexibility index (Phi) is 3.58. The summed E-state index contributed by atoms with van der Waals surface area (Å²) in [5.74, 6) is 0. The average molecular weight is 254 g/mol. The smallest absolute Gasteiger partial charge is 0.410 e. The Labute approximate surface area is 110 Å². The van der Waals surface area contributed by atoms with Gasteiger partial charge in [-0.3, -0.25) is 0 Å². The van der Waals surface area contributed by atoms with Crippen LogP contribution in [-0.4, -0.2) is 41.3 Å². The van der Waals surface area contributed by atoms with Crippen LogP contribution < -0.4 is 5.32 Å². The van der Waals surface area contributed by atoms with Gasteiger partial charge in [0.25, 0.3) is 0 Å². The third-order valence-corrected chi connectivity index (χ3v) is 4.02. The molecule has 0 aromatic heterocycles. The first-order valence-electron chi connectivity index (χ1n) is 7.06. The lowest BCUT2D eigenvalue weighted by atomic mass is 9.89. The molecule has 0 spiro atoms. The Bertz CT molecular complexity index is 316. The van der Waals surface area contributed by atoms with E-state index in [0.717, 1.165) is 32.4 Å². The fourth-order valence-corrected chi connectivity index (χ4v) is 3.17. The van der Waals surface area contributed by atoms with E-state index in [-0.39, 0.29) is 17.7 Å². The van der Waals surface area contributed by atoms with E-state index >= 15 is 0 Å². The van der Waals surface area contributed by atoms with Gasteiger partial charge in [-0.1, -0.05) is 0 Å². The minimum Gasteiger partial charge on any atom is -0.444 e. The summed E-state index contributed by atoms with van der Waals surface area (Å²) >= 11 is 0. The largest absolute Gasteiger partial charge is 0.444 e. The van der Waals surface area contributed by atoms with E-state index < -0.39 is 5.60 Å². The van der Waals surface area contributed by atoms with Crippen molar-refractivity contribution in [2.24, 2.45) is 0 Å². The molecule has 0 radical (unpaired) electrons. The van der Waals surface area contributed by atoms with Crippen molar-refractivity contribution in [2.75, 3.05) is 13.1 Å². The van der Waals surface area contributed by atoms with E-state index in [0.29, 0.717) is 0 Å². The first kappa shape index (κ1) is 13.7. The second kappa shape index (κ2) is 4.72. The lowest BCUT2D eigenvalue weighted by Gasteiger charge is -2.38. The quantitative estimate of drug-likeness (QED) is 0.782. The van der Waals surface area contributed by atoms with Crippen molar-refractivity contribution < 1.29 is 9.53 Å². The number of likely N-dealkylation sites (tertiary alicyclic amines) is 1. The van der Waals surface area contributed by atoms with Crippen LogP contribution in [0.15, 0.2) is 0 Å². The van der Waals surface area contributed by atoms with Crippen molar-refractivity contribution in [3.8, 4) is 0 Å². The standard InChI is InChI=1S/C14H26N2O2/c1-13(2,3)18-12(17)16-10-5-7-11(16)14(4)8-6-9-15-14/h11,15H,5-10H2,1-4H3. The summed E-state index contributed by atoms with van der Waals surface area (Å²) in [4.78, 5) is 14.2. The van der Waals surface area contributed by atoms with Crippen molar-refractivity contribution in [1.29, 1.82) is 0 Å². The maximum absolute atomic E-state index is 12.2. The van der Waals surface area contributed by atoms with Crippen LogP contribution in [0.3, 0.4) is 0 Å². The van der Waals surface area contributed by atoms with Crippen LogP contribution in [0.25, 0.3) is 0 Å². The minimum absolute atomic E-state index is 0.0768. The fourth-order valence-electron chi connectivity index (χ4n) is 3.17. The highest BCUT2D eigenvalue weighted by atomic mass is 16.6. The minimum atomic E-state index is -0.408. The number of amides is 1. The van der Waals surface area contributed by atoms with Gasteiger partial charge in [0, 0.05) is 12.1 Å². The third kappa shape index (κ3) is 2.79. The average Bonchev–Trinajstić information content (AvgIpc) is 2.82. The summed E-state index contributed by atoms with van der Waals surface area (Å²) in [6.07, 6.45) is 4.37. The highest BCUT2D eigenvalue weighted by Crippen LogP contribution is 2.33. The third-order valence-electron chi connectivity index (χ3n) is 4.02. The highest BCUT2D eigenvalue weighted by molar-refractivity contribution is 5.69. The van der Waals surface area contributed by atoms with E-state index in [1.807, 2.05) is 25.7 Å². The molecular weight excluding hydrogens is 228 g/mol. The first-order valence-corrected chi connectivity index (χ1v) is 7.06. The van der Waals surface area contributed by atoms with Crippen molar-refractivity contribution in [1.82, 2.24) is 10.2 Å². The SMILES string of the molecule is CC(C)(C)OC(=O)N1CCCC1C1(C)CCCN1. The van der Waals surface area contributed by atoms with Gasteiger partial charge in [-0.2, -0.15) is 0 Å². The van der Waals surface area contributed by atoms with Crippen molar-refractivity contribution in [3.05, 3.63) is 0 Å². The van der Waals surface area contributed by atoms with Crippen LogP contribution in [0.5, 0.6) is 0 Å². The summed E-state index contributed by atoms with van der Waals surface area (Å²) in [6, 6.07) is 0.287. The molecule has 2 rings (SSSR count). The second-order valence-corrected chi connectivity index (χ2v) is 6.78. The molecule has 2 saturated heterocycles. The second-order valence-electron chi connectivity index (χ2n) is 6.78. The zero-order chi connectivity index (χ0) is 13.4. The van der Waals surface area contributed by atoms with Crippen molar-refractivity contribution >= 4 is 6.09 Å². The molecule has 0 saturated carbocycles. The van der Waals surface area contributed by atoms with Crippen LogP contribution in [0.1, 0.15) is 53.4 Å². The zero-order valence-electron chi connectivity index (χ0n) is 12.1. The molecule has 4 nitrogen and oxygen atoms in total. The molecule has 2 unspecified atom stereocenters. The van der Waals surface area contributed by atoms with Gasteiger partial charge in [-0.25, -0.2) is 4.79 Å². The summed E-state index contributed by atoms with van der Waals surface area (Å²) < 4.78 is 5.52. The summed E-state index contributed by atoms with van der Waals surface area (Å²) in [6.45, 7) is 9.90. The number of rotatable bonds is 1. The van der Waals surface area contributed by atoms with Gasteiger partial charge in [-0.15, -0.1) is 0 Å². The predicted molar refractivity (Wildman–Crippen MR) is 71.6 cm³/mol. The molecule has 1 amide bonds. The van der Waals surface area contributed by atoms with E-state index in [9.17, 15) is 4.79 Å². The van der Waals surface area contributed by atoms with Gasteiger partial charge >= 0.3 is 6.09 Å². The van der Waals surface area contributed by atoms with Crippen molar-refractivity contribution in [2.45, 2.75) is 70.6 Å². The Balaban J connectivity index is 2.05. The molecule has 18 heavy (non-hydrogen) atoms. The van der Waals surface area contributed by atoms with Gasteiger partial charge in [0.05, 0.1) is 6.04 Å². The summed E-state index contributed by atoms with van der Waals surface area (Å²) in [5.41, 5.74) is -0.332. The topological polar surface area (TPSA) is 41.6 Å². The molecule has 104 valence electrons. The van der Waals surface area contributed by atoms with Gasteiger partial charge in [0.15, 0.2) is 0 Å². The molecule has 0 bridgehead atoms. The maximum Gasteiger partial charge on any atom is 0.410 e. The number of nitrogens with zero attached hydrogens (tertiary/aromatic N) is 1. The molecule has 2 aliphatic heterocycles.